The Morgan fingerprint density at radius 3 is 2.80 bits per heavy atom. The maximum absolute atomic E-state index is 11.6. The van der Waals surface area contributed by atoms with Crippen molar-refractivity contribution in [3.8, 4) is 0 Å². The summed E-state index contributed by atoms with van der Waals surface area (Å²) in [5.74, 6) is 0.0368. The Balaban J connectivity index is 2.23. The van der Waals surface area contributed by atoms with E-state index < -0.39 is 5.97 Å². The van der Waals surface area contributed by atoms with Gasteiger partial charge in [-0.25, -0.2) is 0 Å². The third-order valence-corrected chi connectivity index (χ3v) is 2.72. The molecule has 0 saturated heterocycles. The molecule has 1 rings (SSSR count). The van der Waals surface area contributed by atoms with Crippen LogP contribution in [0.3, 0.4) is 0 Å². The van der Waals surface area contributed by atoms with Gasteiger partial charge in [0.2, 0.25) is 11.8 Å². The van der Waals surface area contributed by atoms with Gasteiger partial charge in [-0.15, -0.1) is 0 Å². The Bertz CT molecular complexity index is 445. The zero-order valence-corrected chi connectivity index (χ0v) is 11.9. The van der Waals surface area contributed by atoms with E-state index in [2.05, 4.69) is 15.5 Å². The molecule has 2 N–H and O–H groups in total. The van der Waals surface area contributed by atoms with Gasteiger partial charge < -0.3 is 14.9 Å². The van der Waals surface area contributed by atoms with Crippen LogP contribution in [0.5, 0.6) is 0 Å². The van der Waals surface area contributed by atoms with Crippen molar-refractivity contribution in [3.05, 3.63) is 11.7 Å². The van der Waals surface area contributed by atoms with Crippen molar-refractivity contribution in [2.24, 2.45) is 5.92 Å². The molecule has 7 nitrogen and oxygen atoms in total. The Kier molecular flexibility index (Phi) is 6.69. The summed E-state index contributed by atoms with van der Waals surface area (Å²) < 4.78 is 5.03. The second-order valence-corrected chi connectivity index (χ2v) is 4.86. The van der Waals surface area contributed by atoms with Crippen molar-refractivity contribution in [1.29, 1.82) is 0 Å². The highest BCUT2D eigenvalue weighted by Crippen LogP contribution is 2.04. The SMILES string of the molecule is CCCc1noc(CCC(=O)NCC(C)CC(=O)O)n1. The maximum Gasteiger partial charge on any atom is 0.303 e. The summed E-state index contributed by atoms with van der Waals surface area (Å²) >= 11 is 0. The molecular formula is C13H21N3O4. The summed E-state index contributed by atoms with van der Waals surface area (Å²) in [6.45, 7) is 4.17. The van der Waals surface area contributed by atoms with Crippen molar-refractivity contribution in [2.45, 2.75) is 46.0 Å². The number of aryl methyl sites for hydroxylation is 2. The van der Waals surface area contributed by atoms with E-state index in [-0.39, 0.29) is 24.7 Å². The third-order valence-electron chi connectivity index (χ3n) is 2.72. The van der Waals surface area contributed by atoms with Crippen molar-refractivity contribution in [1.82, 2.24) is 15.5 Å². The first-order chi connectivity index (χ1) is 9.51. The van der Waals surface area contributed by atoms with E-state index in [1.165, 1.54) is 0 Å². The molecule has 1 amide bonds. The van der Waals surface area contributed by atoms with Gasteiger partial charge in [0.25, 0.3) is 0 Å². The minimum Gasteiger partial charge on any atom is -0.481 e. The van der Waals surface area contributed by atoms with Crippen molar-refractivity contribution in [3.63, 3.8) is 0 Å². The lowest BCUT2D eigenvalue weighted by atomic mass is 10.1. The minimum atomic E-state index is -0.860. The minimum absolute atomic E-state index is 0.0459. The van der Waals surface area contributed by atoms with Gasteiger partial charge in [0.05, 0.1) is 0 Å². The van der Waals surface area contributed by atoms with Crippen LogP contribution >= 0.6 is 0 Å². The zero-order valence-electron chi connectivity index (χ0n) is 11.9. The predicted molar refractivity (Wildman–Crippen MR) is 71.0 cm³/mol. The van der Waals surface area contributed by atoms with Gasteiger partial charge in [-0.1, -0.05) is 19.0 Å². The molecule has 0 aliphatic rings. The number of aromatic nitrogens is 2. The number of carboxylic acid groups (broad SMARTS) is 1. The monoisotopic (exact) mass is 283 g/mol. The van der Waals surface area contributed by atoms with Crippen LogP contribution in [0, 0.1) is 5.92 Å². The van der Waals surface area contributed by atoms with Crippen LogP contribution in [-0.2, 0) is 22.4 Å². The van der Waals surface area contributed by atoms with Crippen LogP contribution in [0.2, 0.25) is 0 Å². The molecule has 1 heterocycles. The molecule has 0 spiro atoms. The molecule has 0 saturated carbocycles. The van der Waals surface area contributed by atoms with Gasteiger partial charge in [-0.2, -0.15) is 4.98 Å². The highest BCUT2D eigenvalue weighted by molar-refractivity contribution is 5.76. The van der Waals surface area contributed by atoms with Crippen LogP contribution in [0.4, 0.5) is 0 Å². The maximum atomic E-state index is 11.6. The lowest BCUT2D eigenvalue weighted by Gasteiger charge is -2.09. The molecule has 0 bridgehead atoms. The number of carbonyl (C=O) groups excluding carboxylic acids is 1. The van der Waals surface area contributed by atoms with E-state index in [0.717, 1.165) is 12.8 Å². The van der Waals surface area contributed by atoms with Gasteiger partial charge >= 0.3 is 5.97 Å². The van der Waals surface area contributed by atoms with Crippen LogP contribution < -0.4 is 5.32 Å². The van der Waals surface area contributed by atoms with E-state index in [9.17, 15) is 9.59 Å². The number of rotatable bonds is 9. The van der Waals surface area contributed by atoms with Crippen LogP contribution in [0.25, 0.3) is 0 Å². The van der Waals surface area contributed by atoms with Gasteiger partial charge in [0.15, 0.2) is 5.82 Å². The first kappa shape index (κ1) is 16.1. The van der Waals surface area contributed by atoms with Gasteiger partial charge in [-0.3, -0.25) is 9.59 Å². The number of nitrogens with zero attached hydrogens (tertiary/aromatic N) is 2. The first-order valence-electron chi connectivity index (χ1n) is 6.81. The number of amides is 1. The highest BCUT2D eigenvalue weighted by Gasteiger charge is 2.11. The quantitative estimate of drug-likeness (QED) is 0.705. The molecule has 1 atom stereocenters. The van der Waals surface area contributed by atoms with E-state index >= 15 is 0 Å². The van der Waals surface area contributed by atoms with Crippen molar-refractivity contribution < 1.29 is 19.2 Å². The molecule has 1 aromatic heterocycles. The summed E-state index contributed by atoms with van der Waals surface area (Å²) in [6.07, 6.45) is 2.41. The molecule has 1 unspecified atom stereocenters. The fourth-order valence-corrected chi connectivity index (χ4v) is 1.68. The van der Waals surface area contributed by atoms with Gasteiger partial charge in [0.1, 0.15) is 0 Å². The molecule has 7 heteroatoms. The van der Waals surface area contributed by atoms with E-state index in [0.29, 0.717) is 24.7 Å². The topological polar surface area (TPSA) is 105 Å². The Morgan fingerprint density at radius 2 is 2.15 bits per heavy atom. The average molecular weight is 283 g/mol. The summed E-state index contributed by atoms with van der Waals surface area (Å²) in [4.78, 5) is 26.2. The van der Waals surface area contributed by atoms with Crippen LogP contribution in [-0.4, -0.2) is 33.7 Å². The van der Waals surface area contributed by atoms with E-state index in [4.69, 9.17) is 9.63 Å². The van der Waals surface area contributed by atoms with Crippen molar-refractivity contribution >= 4 is 11.9 Å². The van der Waals surface area contributed by atoms with E-state index in [1.807, 2.05) is 6.92 Å². The standard InChI is InChI=1S/C13H21N3O4/c1-3-4-10-15-12(20-16-10)6-5-11(17)14-8-9(2)7-13(18)19/h9H,3-8H2,1-2H3,(H,14,17)(H,18,19). The van der Waals surface area contributed by atoms with Crippen molar-refractivity contribution in [2.75, 3.05) is 6.54 Å². The Labute approximate surface area is 117 Å². The van der Waals surface area contributed by atoms with Crippen LogP contribution in [0.1, 0.15) is 44.8 Å². The number of hydrogen-bond acceptors (Lipinski definition) is 5. The molecule has 0 aliphatic heterocycles. The smallest absolute Gasteiger partial charge is 0.303 e. The number of nitrogens with one attached hydrogen (secondary N) is 1. The number of carbonyl (C=O) groups is 2. The summed E-state index contributed by atoms with van der Waals surface area (Å²) in [5, 5.41) is 15.1. The summed E-state index contributed by atoms with van der Waals surface area (Å²) in [6, 6.07) is 0. The molecule has 20 heavy (non-hydrogen) atoms. The summed E-state index contributed by atoms with van der Waals surface area (Å²) in [5.41, 5.74) is 0. The Hall–Kier alpha value is -1.92. The number of hydrogen-bond donors (Lipinski definition) is 2. The fraction of sp³-hybridized carbons (Fsp3) is 0.692. The Morgan fingerprint density at radius 1 is 1.40 bits per heavy atom. The second-order valence-electron chi connectivity index (χ2n) is 4.86. The third kappa shape index (κ3) is 6.31. The largest absolute Gasteiger partial charge is 0.481 e. The molecule has 0 aromatic carbocycles. The highest BCUT2D eigenvalue weighted by atomic mass is 16.5. The second kappa shape index (κ2) is 8.29. The predicted octanol–water partition coefficient (Wildman–Crippen LogP) is 1.18. The lowest BCUT2D eigenvalue weighted by Crippen LogP contribution is -2.29. The zero-order chi connectivity index (χ0) is 15.0. The molecule has 1 aromatic rings. The number of carboxylic acids is 1. The van der Waals surface area contributed by atoms with Gasteiger partial charge in [0, 0.05) is 32.2 Å². The fourth-order valence-electron chi connectivity index (χ4n) is 1.68. The normalized spacial score (nSPS) is 12.1. The summed E-state index contributed by atoms with van der Waals surface area (Å²) in [7, 11) is 0. The molecule has 0 radical (unpaired) electrons. The first-order valence-corrected chi connectivity index (χ1v) is 6.81. The molecular weight excluding hydrogens is 262 g/mol. The van der Waals surface area contributed by atoms with Crippen LogP contribution in [0.15, 0.2) is 4.52 Å². The lowest BCUT2D eigenvalue weighted by molar-refractivity contribution is -0.138. The molecule has 0 fully saturated rings. The molecule has 0 aliphatic carbocycles. The van der Waals surface area contributed by atoms with E-state index in [1.54, 1.807) is 6.92 Å². The average Bonchev–Trinajstić information content (AvgIpc) is 2.81. The van der Waals surface area contributed by atoms with Gasteiger partial charge in [-0.05, 0) is 12.3 Å². The molecule has 112 valence electrons. The number of aliphatic carboxylic acids is 1.